The Balaban J connectivity index is 1.95. The molecule has 0 heterocycles. The fourth-order valence-electron chi connectivity index (χ4n) is 2.96. The van der Waals surface area contributed by atoms with Crippen LogP contribution < -0.4 is 5.73 Å². The van der Waals surface area contributed by atoms with Gasteiger partial charge in [-0.15, -0.1) is 0 Å². The Morgan fingerprint density at radius 1 is 1.35 bits per heavy atom. The number of carboxylic acid groups (broad SMARTS) is 1. The van der Waals surface area contributed by atoms with Crippen LogP contribution in [0.25, 0.3) is 0 Å². The van der Waals surface area contributed by atoms with Crippen molar-refractivity contribution in [2.24, 2.45) is 0 Å². The number of hydrogen-bond acceptors (Lipinski definition) is 3. The highest BCUT2D eigenvalue weighted by Crippen LogP contribution is 2.22. The van der Waals surface area contributed by atoms with Gasteiger partial charge in [0.15, 0.2) is 0 Å². The van der Waals surface area contributed by atoms with Gasteiger partial charge in [0.2, 0.25) is 0 Å². The van der Waals surface area contributed by atoms with Crippen LogP contribution in [0.5, 0.6) is 0 Å². The maximum Gasteiger partial charge on any atom is 0.335 e. The number of likely N-dealkylation sites (N-methyl/N-ethyl adjacent to an activating group) is 1. The van der Waals surface area contributed by atoms with E-state index in [9.17, 15) is 4.79 Å². The fourth-order valence-corrected chi connectivity index (χ4v) is 2.96. The van der Waals surface area contributed by atoms with E-state index in [4.69, 9.17) is 10.8 Å². The van der Waals surface area contributed by atoms with E-state index in [1.165, 1.54) is 32.1 Å². The molecular formula is C16H24N2O2. The van der Waals surface area contributed by atoms with E-state index < -0.39 is 5.97 Å². The number of carboxylic acids is 1. The molecule has 0 spiro atoms. The average Bonchev–Trinajstić information content (AvgIpc) is 2.46. The van der Waals surface area contributed by atoms with E-state index in [-0.39, 0.29) is 0 Å². The van der Waals surface area contributed by atoms with Gasteiger partial charge in [0.05, 0.1) is 5.56 Å². The van der Waals surface area contributed by atoms with E-state index in [1.807, 2.05) is 0 Å². The third-order valence-corrected chi connectivity index (χ3v) is 4.32. The van der Waals surface area contributed by atoms with Gasteiger partial charge in [-0.3, -0.25) is 0 Å². The molecule has 0 aromatic heterocycles. The van der Waals surface area contributed by atoms with Crippen LogP contribution in [0.1, 0.15) is 48.0 Å². The molecule has 1 aliphatic carbocycles. The summed E-state index contributed by atoms with van der Waals surface area (Å²) in [5.41, 5.74) is 7.88. The molecule has 110 valence electrons. The van der Waals surface area contributed by atoms with Gasteiger partial charge in [0, 0.05) is 18.3 Å². The van der Waals surface area contributed by atoms with Crippen molar-refractivity contribution in [1.29, 1.82) is 0 Å². The number of benzene rings is 1. The van der Waals surface area contributed by atoms with Gasteiger partial charge in [-0.2, -0.15) is 0 Å². The number of hydrogen-bond donors (Lipinski definition) is 2. The summed E-state index contributed by atoms with van der Waals surface area (Å²) in [6.45, 7) is 0.929. The predicted molar refractivity (Wildman–Crippen MR) is 81.0 cm³/mol. The highest BCUT2D eigenvalue weighted by Gasteiger charge is 2.18. The first kappa shape index (κ1) is 14.9. The lowest BCUT2D eigenvalue weighted by molar-refractivity contribution is 0.0697. The number of rotatable bonds is 5. The molecule has 4 nitrogen and oxygen atoms in total. The summed E-state index contributed by atoms with van der Waals surface area (Å²) in [5.74, 6) is -0.896. The first-order valence-electron chi connectivity index (χ1n) is 7.40. The molecule has 3 N–H and O–H groups in total. The summed E-state index contributed by atoms with van der Waals surface area (Å²) in [6, 6.07) is 5.63. The van der Waals surface area contributed by atoms with Crippen LogP contribution in [0.3, 0.4) is 0 Å². The Morgan fingerprint density at radius 3 is 2.70 bits per heavy atom. The third kappa shape index (κ3) is 3.73. The standard InChI is InChI=1S/C16H24N2O2/c1-18(14-5-3-2-4-6-14)10-9-12-11-13(16(19)20)7-8-15(12)17/h7-8,11,14H,2-6,9-10,17H2,1H3,(H,19,20). The van der Waals surface area contributed by atoms with Crippen LogP contribution in [0, 0.1) is 0 Å². The zero-order valence-electron chi connectivity index (χ0n) is 12.1. The van der Waals surface area contributed by atoms with Crippen molar-refractivity contribution in [2.45, 2.75) is 44.6 Å². The van der Waals surface area contributed by atoms with Crippen molar-refractivity contribution >= 4 is 11.7 Å². The highest BCUT2D eigenvalue weighted by atomic mass is 16.4. The smallest absolute Gasteiger partial charge is 0.335 e. The average molecular weight is 276 g/mol. The number of nitrogens with two attached hydrogens (primary N) is 1. The quantitative estimate of drug-likeness (QED) is 0.812. The number of aromatic carboxylic acids is 1. The Morgan fingerprint density at radius 2 is 2.05 bits per heavy atom. The van der Waals surface area contributed by atoms with E-state index in [2.05, 4.69) is 11.9 Å². The Kier molecular flexibility index (Phi) is 5.01. The minimum absolute atomic E-state index is 0.314. The van der Waals surface area contributed by atoms with E-state index >= 15 is 0 Å². The summed E-state index contributed by atoms with van der Waals surface area (Å²) in [5, 5.41) is 9.03. The topological polar surface area (TPSA) is 66.6 Å². The fraction of sp³-hybridized carbons (Fsp3) is 0.562. The van der Waals surface area contributed by atoms with Crippen LogP contribution in [0.15, 0.2) is 18.2 Å². The number of anilines is 1. The monoisotopic (exact) mass is 276 g/mol. The van der Waals surface area contributed by atoms with Crippen LogP contribution in [-0.4, -0.2) is 35.6 Å². The Hall–Kier alpha value is -1.55. The third-order valence-electron chi connectivity index (χ3n) is 4.32. The lowest BCUT2D eigenvalue weighted by atomic mass is 9.94. The van der Waals surface area contributed by atoms with E-state index in [0.717, 1.165) is 18.5 Å². The maximum absolute atomic E-state index is 11.0. The molecule has 2 rings (SSSR count). The van der Waals surface area contributed by atoms with Crippen molar-refractivity contribution in [3.8, 4) is 0 Å². The van der Waals surface area contributed by atoms with E-state index in [1.54, 1.807) is 18.2 Å². The van der Waals surface area contributed by atoms with Crippen LogP contribution >= 0.6 is 0 Å². The molecule has 0 bridgehead atoms. The molecule has 0 saturated heterocycles. The van der Waals surface area contributed by atoms with Crippen molar-refractivity contribution < 1.29 is 9.90 Å². The van der Waals surface area contributed by atoms with Gasteiger partial charge in [-0.05, 0) is 50.1 Å². The predicted octanol–water partition coefficient (Wildman–Crippen LogP) is 2.77. The first-order chi connectivity index (χ1) is 9.58. The first-order valence-corrected chi connectivity index (χ1v) is 7.40. The second-order valence-corrected chi connectivity index (χ2v) is 5.74. The lowest BCUT2D eigenvalue weighted by Crippen LogP contribution is -2.34. The van der Waals surface area contributed by atoms with Gasteiger partial charge in [0.25, 0.3) is 0 Å². The SMILES string of the molecule is CN(CCc1cc(C(=O)O)ccc1N)C1CCCCC1. The molecule has 0 radical (unpaired) electrons. The van der Waals surface area contributed by atoms with Crippen molar-refractivity contribution in [3.63, 3.8) is 0 Å². The number of nitrogens with zero attached hydrogens (tertiary/aromatic N) is 1. The van der Waals surface area contributed by atoms with E-state index in [0.29, 0.717) is 17.3 Å². The summed E-state index contributed by atoms with van der Waals surface area (Å²) in [7, 11) is 2.16. The summed E-state index contributed by atoms with van der Waals surface area (Å²) >= 11 is 0. The largest absolute Gasteiger partial charge is 0.478 e. The molecule has 1 aromatic rings. The molecule has 0 unspecified atom stereocenters. The zero-order chi connectivity index (χ0) is 14.5. The van der Waals surface area contributed by atoms with Crippen LogP contribution in [0.2, 0.25) is 0 Å². The Labute approximate surface area is 120 Å². The highest BCUT2D eigenvalue weighted by molar-refractivity contribution is 5.88. The van der Waals surface area contributed by atoms with Crippen LogP contribution in [-0.2, 0) is 6.42 Å². The summed E-state index contributed by atoms with van der Waals surface area (Å²) in [4.78, 5) is 13.4. The Bertz CT molecular complexity index is 468. The molecule has 1 fully saturated rings. The van der Waals surface area contributed by atoms with Crippen molar-refractivity contribution in [3.05, 3.63) is 29.3 Å². The van der Waals surface area contributed by atoms with Gasteiger partial charge in [-0.1, -0.05) is 19.3 Å². The molecule has 0 atom stereocenters. The van der Waals surface area contributed by atoms with Crippen molar-refractivity contribution in [2.75, 3.05) is 19.3 Å². The molecule has 4 heteroatoms. The normalized spacial score (nSPS) is 16.5. The minimum Gasteiger partial charge on any atom is -0.478 e. The lowest BCUT2D eigenvalue weighted by Gasteiger charge is -2.31. The van der Waals surface area contributed by atoms with Gasteiger partial charge < -0.3 is 15.7 Å². The van der Waals surface area contributed by atoms with Gasteiger partial charge >= 0.3 is 5.97 Å². The van der Waals surface area contributed by atoms with Gasteiger partial charge in [-0.25, -0.2) is 4.79 Å². The molecule has 1 saturated carbocycles. The number of carbonyl (C=O) groups is 1. The molecule has 20 heavy (non-hydrogen) atoms. The zero-order valence-corrected chi connectivity index (χ0v) is 12.1. The second kappa shape index (κ2) is 6.75. The molecule has 0 amide bonds. The minimum atomic E-state index is -0.896. The van der Waals surface area contributed by atoms with Crippen molar-refractivity contribution in [1.82, 2.24) is 4.90 Å². The molecule has 1 aromatic carbocycles. The second-order valence-electron chi connectivity index (χ2n) is 5.74. The van der Waals surface area contributed by atoms with Crippen LogP contribution in [0.4, 0.5) is 5.69 Å². The van der Waals surface area contributed by atoms with Gasteiger partial charge in [0.1, 0.15) is 0 Å². The number of nitrogen functional groups attached to an aromatic ring is 1. The molecular weight excluding hydrogens is 252 g/mol. The summed E-state index contributed by atoms with van der Waals surface area (Å²) < 4.78 is 0. The molecule has 1 aliphatic rings. The molecule has 0 aliphatic heterocycles. The summed E-state index contributed by atoms with van der Waals surface area (Å²) in [6.07, 6.45) is 7.37. The maximum atomic E-state index is 11.0.